The van der Waals surface area contributed by atoms with E-state index in [1.54, 1.807) is 18.3 Å². The molecule has 3 nitrogen and oxygen atoms in total. The zero-order chi connectivity index (χ0) is 16.0. The molecule has 120 valence electrons. The van der Waals surface area contributed by atoms with E-state index in [2.05, 4.69) is 10.2 Å². The van der Waals surface area contributed by atoms with Crippen molar-refractivity contribution < 1.29 is 18.3 Å². The van der Waals surface area contributed by atoms with Crippen LogP contribution in [0.25, 0.3) is 16.5 Å². The van der Waals surface area contributed by atoms with E-state index in [0.717, 1.165) is 22.9 Å². The van der Waals surface area contributed by atoms with Crippen molar-refractivity contribution in [3.05, 3.63) is 35.0 Å². The van der Waals surface area contributed by atoms with E-state index < -0.39 is 23.3 Å². The predicted octanol–water partition coefficient (Wildman–Crippen LogP) is 3.60. The van der Waals surface area contributed by atoms with Gasteiger partial charge in [-0.2, -0.15) is 18.3 Å². The first-order chi connectivity index (χ1) is 10.9. The number of nitrogens with one attached hydrogen (secondary N) is 1. The maximum absolute atomic E-state index is 13.7. The van der Waals surface area contributed by atoms with Crippen LogP contribution in [0.5, 0.6) is 0 Å². The molecule has 0 saturated heterocycles. The van der Waals surface area contributed by atoms with Gasteiger partial charge in [-0.3, -0.25) is 5.10 Å². The van der Waals surface area contributed by atoms with Crippen LogP contribution >= 0.6 is 0 Å². The fraction of sp³-hybridized carbons (Fsp3) is 0.471. The van der Waals surface area contributed by atoms with Gasteiger partial charge in [-0.1, -0.05) is 6.07 Å². The molecule has 1 spiro atoms. The molecule has 0 radical (unpaired) electrons. The molecule has 2 bridgehead atoms. The minimum atomic E-state index is -4.49. The molecule has 2 aromatic rings. The Balaban J connectivity index is 1.87. The molecule has 1 heterocycles. The van der Waals surface area contributed by atoms with Crippen LogP contribution in [0, 0.1) is 11.3 Å². The third-order valence-corrected chi connectivity index (χ3v) is 6.01. The molecule has 3 aliphatic carbocycles. The summed E-state index contributed by atoms with van der Waals surface area (Å²) in [6.07, 6.45) is -1.54. The van der Waals surface area contributed by atoms with Gasteiger partial charge in [0, 0.05) is 10.8 Å². The Bertz CT molecular complexity index is 866. The fourth-order valence-corrected chi connectivity index (χ4v) is 5.16. The molecular formula is C17H15F3N2O. The van der Waals surface area contributed by atoms with Crippen LogP contribution in [0.15, 0.2) is 23.9 Å². The third kappa shape index (κ3) is 1.57. The fourth-order valence-electron chi connectivity index (χ4n) is 5.16. The largest absolute Gasteiger partial charge is 0.415 e. The molecule has 1 aromatic carbocycles. The number of allylic oxidation sites excluding steroid dienone is 1. The van der Waals surface area contributed by atoms with E-state index in [-0.39, 0.29) is 5.92 Å². The van der Waals surface area contributed by atoms with Crippen molar-refractivity contribution in [3.8, 4) is 0 Å². The molecule has 6 heteroatoms. The van der Waals surface area contributed by atoms with Gasteiger partial charge in [0.2, 0.25) is 0 Å². The van der Waals surface area contributed by atoms with Gasteiger partial charge in [-0.05, 0) is 54.4 Å². The normalized spacial score (nSPS) is 32.5. The van der Waals surface area contributed by atoms with Gasteiger partial charge in [-0.25, -0.2) is 0 Å². The highest BCUT2D eigenvalue weighted by molar-refractivity contribution is 5.93. The Morgan fingerprint density at radius 1 is 1.30 bits per heavy atom. The molecule has 0 amide bonds. The lowest BCUT2D eigenvalue weighted by Gasteiger charge is -2.36. The summed E-state index contributed by atoms with van der Waals surface area (Å²) in [6, 6.07) is 3.55. The van der Waals surface area contributed by atoms with Crippen LogP contribution in [0.2, 0.25) is 0 Å². The SMILES string of the molecule is O[C@H]1C(C(F)(F)F)=C2c3ccc4[nH]ncc4c3C[C@@]23CC[C@H]1C3. The second-order valence-corrected chi connectivity index (χ2v) is 7.11. The first-order valence-electron chi connectivity index (χ1n) is 7.86. The molecule has 1 aromatic heterocycles. The van der Waals surface area contributed by atoms with Crippen molar-refractivity contribution in [3.63, 3.8) is 0 Å². The monoisotopic (exact) mass is 320 g/mol. The lowest BCUT2D eigenvalue weighted by molar-refractivity contribution is -0.111. The van der Waals surface area contributed by atoms with Gasteiger partial charge in [-0.15, -0.1) is 0 Å². The lowest BCUT2D eigenvalue weighted by Crippen LogP contribution is -2.37. The number of aromatic amines is 1. The Morgan fingerprint density at radius 2 is 2.13 bits per heavy atom. The predicted molar refractivity (Wildman–Crippen MR) is 78.6 cm³/mol. The zero-order valence-electron chi connectivity index (χ0n) is 12.2. The third-order valence-electron chi connectivity index (χ3n) is 6.01. The van der Waals surface area contributed by atoms with E-state index in [9.17, 15) is 18.3 Å². The summed E-state index contributed by atoms with van der Waals surface area (Å²) in [7, 11) is 0. The quantitative estimate of drug-likeness (QED) is 0.779. The Kier molecular flexibility index (Phi) is 2.35. The van der Waals surface area contributed by atoms with Crippen molar-refractivity contribution in [2.45, 2.75) is 38.0 Å². The Hall–Kier alpha value is -1.82. The molecule has 3 atom stereocenters. The van der Waals surface area contributed by atoms with E-state index in [4.69, 9.17) is 0 Å². The van der Waals surface area contributed by atoms with E-state index in [1.807, 2.05) is 0 Å². The van der Waals surface area contributed by atoms with Crippen LogP contribution < -0.4 is 0 Å². The van der Waals surface area contributed by atoms with Gasteiger partial charge in [0.05, 0.1) is 23.4 Å². The number of halogens is 3. The number of aromatic nitrogens is 2. The number of H-pyrrole nitrogens is 1. The average molecular weight is 320 g/mol. The minimum absolute atomic E-state index is 0.274. The second kappa shape index (κ2) is 3.98. The van der Waals surface area contributed by atoms with Gasteiger partial charge in [0.25, 0.3) is 0 Å². The van der Waals surface area contributed by atoms with Crippen molar-refractivity contribution in [2.24, 2.45) is 11.3 Å². The van der Waals surface area contributed by atoms with Crippen LogP contribution in [-0.4, -0.2) is 27.6 Å². The summed E-state index contributed by atoms with van der Waals surface area (Å²) < 4.78 is 41.1. The number of hydrogen-bond donors (Lipinski definition) is 2. The molecule has 0 aliphatic heterocycles. The van der Waals surface area contributed by atoms with E-state index >= 15 is 0 Å². The standard InChI is InChI=1S/C17H15F3N2O/c18-17(19,20)14-13-9-1-2-12-11(7-21-22-12)10(9)6-16(13)4-3-8(5-16)15(14)23/h1-2,7-8,15,23H,3-6H2,(H,21,22)/t8-,15+,16-/m0/s1. The smallest absolute Gasteiger partial charge is 0.388 e. The zero-order valence-corrected chi connectivity index (χ0v) is 12.2. The minimum Gasteiger partial charge on any atom is -0.388 e. The first kappa shape index (κ1) is 13.6. The highest BCUT2D eigenvalue weighted by Gasteiger charge is 2.59. The van der Waals surface area contributed by atoms with Crippen molar-refractivity contribution in [1.29, 1.82) is 0 Å². The van der Waals surface area contributed by atoms with Crippen molar-refractivity contribution >= 4 is 16.5 Å². The molecule has 3 aliphatic rings. The summed E-state index contributed by atoms with van der Waals surface area (Å²) in [4.78, 5) is 0. The average Bonchev–Trinajstić information content (AvgIpc) is 3.15. The Labute approximate surface area is 130 Å². The molecular weight excluding hydrogens is 305 g/mol. The van der Waals surface area contributed by atoms with Crippen LogP contribution in [-0.2, 0) is 6.42 Å². The number of benzene rings is 1. The highest BCUT2D eigenvalue weighted by atomic mass is 19.4. The van der Waals surface area contributed by atoms with Crippen LogP contribution in [0.3, 0.4) is 0 Å². The molecule has 23 heavy (non-hydrogen) atoms. The van der Waals surface area contributed by atoms with Crippen molar-refractivity contribution in [1.82, 2.24) is 10.2 Å². The van der Waals surface area contributed by atoms with E-state index in [1.165, 1.54) is 0 Å². The van der Waals surface area contributed by atoms with E-state index in [0.29, 0.717) is 30.4 Å². The number of hydrogen-bond acceptors (Lipinski definition) is 2. The molecule has 1 fully saturated rings. The summed E-state index contributed by atoms with van der Waals surface area (Å²) in [5.74, 6) is -0.274. The summed E-state index contributed by atoms with van der Waals surface area (Å²) in [5.41, 5.74) is 1.65. The first-order valence-corrected chi connectivity index (χ1v) is 7.86. The van der Waals surface area contributed by atoms with Gasteiger partial charge < -0.3 is 5.11 Å². The topological polar surface area (TPSA) is 48.9 Å². The number of aliphatic hydroxyl groups is 1. The molecule has 1 saturated carbocycles. The summed E-state index contributed by atoms with van der Waals surface area (Å²) >= 11 is 0. The number of alkyl halides is 3. The Morgan fingerprint density at radius 3 is 2.91 bits per heavy atom. The maximum atomic E-state index is 13.7. The maximum Gasteiger partial charge on any atom is 0.415 e. The van der Waals surface area contributed by atoms with Crippen molar-refractivity contribution in [2.75, 3.05) is 0 Å². The molecule has 0 unspecified atom stereocenters. The number of nitrogens with zero attached hydrogens (tertiary/aromatic N) is 1. The molecule has 2 N–H and O–H groups in total. The van der Waals surface area contributed by atoms with Gasteiger partial charge in [0.1, 0.15) is 0 Å². The second-order valence-electron chi connectivity index (χ2n) is 7.11. The number of rotatable bonds is 0. The van der Waals surface area contributed by atoms with Gasteiger partial charge >= 0.3 is 6.18 Å². The van der Waals surface area contributed by atoms with Crippen LogP contribution in [0.4, 0.5) is 13.2 Å². The molecule has 5 rings (SSSR count). The summed E-state index contributed by atoms with van der Waals surface area (Å²) in [5, 5.41) is 18.1. The summed E-state index contributed by atoms with van der Waals surface area (Å²) in [6.45, 7) is 0. The number of aliphatic hydroxyl groups excluding tert-OH is 1. The van der Waals surface area contributed by atoms with Gasteiger partial charge in [0.15, 0.2) is 0 Å². The van der Waals surface area contributed by atoms with Crippen LogP contribution in [0.1, 0.15) is 30.4 Å². The number of fused-ring (bicyclic) bond motifs is 5. The lowest BCUT2D eigenvalue weighted by atomic mass is 9.70. The highest BCUT2D eigenvalue weighted by Crippen LogP contribution is 2.65.